The van der Waals surface area contributed by atoms with Crippen LogP contribution in [0.4, 0.5) is 11.8 Å². The maximum atomic E-state index is 5.40. The largest absolute Gasteiger partial charge is 0.364 e. The molecule has 8 heteroatoms. The van der Waals surface area contributed by atoms with Crippen LogP contribution in [0.2, 0.25) is 0 Å². The van der Waals surface area contributed by atoms with Gasteiger partial charge in [-0.15, -0.1) is 11.3 Å². The van der Waals surface area contributed by atoms with Crippen molar-refractivity contribution in [3.05, 3.63) is 28.5 Å². The summed E-state index contributed by atoms with van der Waals surface area (Å²) in [6.45, 7) is 4.42. The molecule has 0 aliphatic rings. The molecule has 0 spiro atoms. The third kappa shape index (κ3) is 2.43. The lowest BCUT2D eigenvalue weighted by Crippen LogP contribution is -2.12. The normalized spacial score (nSPS) is 10.9. The van der Waals surface area contributed by atoms with Crippen LogP contribution in [-0.2, 0) is 6.54 Å². The molecule has 0 unspecified atom stereocenters. The lowest BCUT2D eigenvalue weighted by Gasteiger charge is -2.06. The van der Waals surface area contributed by atoms with E-state index in [0.29, 0.717) is 12.5 Å². The smallest absolute Gasteiger partial charge is 0.240 e. The lowest BCUT2D eigenvalue weighted by molar-refractivity contribution is 0.391. The Morgan fingerprint density at radius 3 is 2.85 bits per heavy atom. The second-order valence-corrected chi connectivity index (χ2v) is 5.63. The van der Waals surface area contributed by atoms with Crippen molar-refractivity contribution in [3.8, 4) is 0 Å². The molecule has 0 aliphatic heterocycles. The van der Waals surface area contributed by atoms with Gasteiger partial charge in [0.15, 0.2) is 0 Å². The van der Waals surface area contributed by atoms with Gasteiger partial charge in [0.05, 0.1) is 11.9 Å². The van der Waals surface area contributed by atoms with Crippen LogP contribution in [0.3, 0.4) is 0 Å². The number of anilines is 2. The van der Waals surface area contributed by atoms with Gasteiger partial charge in [-0.2, -0.15) is 4.98 Å². The van der Waals surface area contributed by atoms with Crippen LogP contribution in [-0.4, -0.2) is 15.1 Å². The summed E-state index contributed by atoms with van der Waals surface area (Å²) in [5.41, 5.74) is 3.30. The molecule has 104 valence electrons. The zero-order valence-corrected chi connectivity index (χ0v) is 11.9. The van der Waals surface area contributed by atoms with Crippen LogP contribution in [0.1, 0.15) is 16.3 Å². The van der Waals surface area contributed by atoms with Crippen molar-refractivity contribution in [2.45, 2.75) is 20.4 Å². The van der Waals surface area contributed by atoms with E-state index in [1.165, 1.54) is 4.88 Å². The van der Waals surface area contributed by atoms with Crippen molar-refractivity contribution in [2.75, 3.05) is 10.7 Å². The Balaban J connectivity index is 1.92. The molecular formula is C12H14N6OS. The summed E-state index contributed by atoms with van der Waals surface area (Å²) in [5.74, 6) is 7.30. The summed E-state index contributed by atoms with van der Waals surface area (Å²) in [6.07, 6.45) is 0. The number of fused-ring (bicyclic) bond motifs is 1. The molecule has 4 N–H and O–H groups in total. The van der Waals surface area contributed by atoms with E-state index in [2.05, 4.69) is 31.9 Å². The molecule has 0 saturated heterocycles. The number of aryl methyl sites for hydroxylation is 2. The van der Waals surface area contributed by atoms with Crippen molar-refractivity contribution in [2.24, 2.45) is 5.84 Å². The van der Waals surface area contributed by atoms with Gasteiger partial charge in [-0.3, -0.25) is 5.43 Å². The highest BCUT2D eigenvalue weighted by molar-refractivity contribution is 7.18. The van der Waals surface area contributed by atoms with Gasteiger partial charge < -0.3 is 9.84 Å². The Hall–Kier alpha value is -2.19. The maximum absolute atomic E-state index is 5.40. The highest BCUT2D eigenvalue weighted by Crippen LogP contribution is 2.29. The second kappa shape index (κ2) is 5.06. The molecule has 0 amide bonds. The predicted molar refractivity (Wildman–Crippen MR) is 78.5 cm³/mol. The number of hydrogen-bond donors (Lipinski definition) is 3. The zero-order valence-electron chi connectivity index (χ0n) is 11.1. The van der Waals surface area contributed by atoms with Crippen molar-refractivity contribution in [3.63, 3.8) is 0 Å². The molecule has 0 saturated carbocycles. The van der Waals surface area contributed by atoms with Gasteiger partial charge in [0.2, 0.25) is 5.95 Å². The molecule has 0 atom stereocenters. The number of hydrazine groups is 1. The van der Waals surface area contributed by atoms with Crippen LogP contribution in [0.5, 0.6) is 0 Å². The molecule has 0 aromatic carbocycles. The molecule has 7 nitrogen and oxygen atoms in total. The minimum absolute atomic E-state index is 0.387. The van der Waals surface area contributed by atoms with Crippen LogP contribution >= 0.6 is 11.3 Å². The van der Waals surface area contributed by atoms with Crippen LogP contribution in [0.25, 0.3) is 10.2 Å². The van der Waals surface area contributed by atoms with Gasteiger partial charge in [-0.05, 0) is 19.9 Å². The van der Waals surface area contributed by atoms with Crippen LogP contribution < -0.4 is 16.6 Å². The average molecular weight is 290 g/mol. The van der Waals surface area contributed by atoms with Crippen molar-refractivity contribution in [1.82, 2.24) is 15.1 Å². The highest BCUT2D eigenvalue weighted by Gasteiger charge is 2.10. The molecule has 3 aromatic heterocycles. The average Bonchev–Trinajstić information content (AvgIpc) is 3.00. The quantitative estimate of drug-likeness (QED) is 0.500. The molecule has 20 heavy (non-hydrogen) atoms. The van der Waals surface area contributed by atoms with Gasteiger partial charge >= 0.3 is 0 Å². The Labute approximate surface area is 119 Å². The third-order valence-electron chi connectivity index (χ3n) is 2.76. The third-order valence-corrected chi connectivity index (χ3v) is 3.70. The van der Waals surface area contributed by atoms with E-state index in [1.54, 1.807) is 11.3 Å². The van der Waals surface area contributed by atoms with E-state index in [4.69, 9.17) is 10.4 Å². The molecule has 0 aliphatic carbocycles. The molecule has 3 rings (SSSR count). The van der Waals surface area contributed by atoms with Gasteiger partial charge in [0.25, 0.3) is 0 Å². The number of hydrogen-bond acceptors (Lipinski definition) is 8. The first-order valence-electron chi connectivity index (χ1n) is 6.06. The number of thiophene rings is 1. The van der Waals surface area contributed by atoms with E-state index >= 15 is 0 Å². The van der Waals surface area contributed by atoms with Gasteiger partial charge in [-0.25, -0.2) is 10.8 Å². The zero-order chi connectivity index (χ0) is 14.1. The van der Waals surface area contributed by atoms with E-state index < -0.39 is 0 Å². The topological polar surface area (TPSA) is 102 Å². The second-order valence-electron chi connectivity index (χ2n) is 4.40. The predicted octanol–water partition coefficient (Wildman–Crippen LogP) is 2.19. The van der Waals surface area contributed by atoms with Gasteiger partial charge in [-0.1, -0.05) is 5.16 Å². The summed E-state index contributed by atoms with van der Waals surface area (Å²) >= 11 is 1.60. The molecule has 3 aromatic rings. The number of nitrogens with zero attached hydrogens (tertiary/aromatic N) is 3. The van der Waals surface area contributed by atoms with Crippen molar-refractivity contribution >= 4 is 33.3 Å². The van der Waals surface area contributed by atoms with Gasteiger partial charge in [0.1, 0.15) is 22.1 Å². The first kappa shape index (κ1) is 12.8. The van der Waals surface area contributed by atoms with Gasteiger partial charge in [0, 0.05) is 10.9 Å². The monoisotopic (exact) mass is 290 g/mol. The Morgan fingerprint density at radius 1 is 1.30 bits per heavy atom. The van der Waals surface area contributed by atoms with E-state index in [9.17, 15) is 0 Å². The molecule has 0 fully saturated rings. The molecule has 0 radical (unpaired) electrons. The van der Waals surface area contributed by atoms with E-state index in [0.717, 1.165) is 27.5 Å². The molecule has 3 heterocycles. The Morgan fingerprint density at radius 2 is 2.15 bits per heavy atom. The molecular weight excluding hydrogens is 276 g/mol. The fourth-order valence-corrected chi connectivity index (χ4v) is 2.80. The summed E-state index contributed by atoms with van der Waals surface area (Å²) in [7, 11) is 0. The standard InChI is InChI=1S/C12H14N6OS/c1-6-3-8(18-19-6)5-14-10-9-4-7(2)20-11(9)16-12(15-10)17-13/h3-4H,5,13H2,1-2H3,(H2,14,15,16,17). The SMILES string of the molecule is Cc1cc(CNc2nc(NN)nc3sc(C)cc23)no1. The minimum atomic E-state index is 0.387. The molecule has 0 bridgehead atoms. The number of nitrogen functional groups attached to an aromatic ring is 1. The lowest BCUT2D eigenvalue weighted by atomic mass is 10.3. The Bertz CT molecular complexity index is 750. The highest BCUT2D eigenvalue weighted by atomic mass is 32.1. The first-order chi connectivity index (χ1) is 9.65. The number of rotatable bonds is 4. The number of nitrogens with two attached hydrogens (primary N) is 1. The van der Waals surface area contributed by atoms with E-state index in [-0.39, 0.29) is 0 Å². The Kier molecular flexibility index (Phi) is 3.25. The fourth-order valence-electron chi connectivity index (χ4n) is 1.92. The summed E-state index contributed by atoms with van der Waals surface area (Å²) in [5, 5.41) is 8.16. The number of aromatic nitrogens is 3. The summed E-state index contributed by atoms with van der Waals surface area (Å²) < 4.78 is 5.04. The first-order valence-corrected chi connectivity index (χ1v) is 6.88. The number of nitrogens with one attached hydrogen (secondary N) is 2. The maximum Gasteiger partial charge on any atom is 0.240 e. The minimum Gasteiger partial charge on any atom is -0.364 e. The van der Waals surface area contributed by atoms with Crippen LogP contribution in [0.15, 0.2) is 16.7 Å². The van der Waals surface area contributed by atoms with Crippen molar-refractivity contribution < 1.29 is 4.52 Å². The fraction of sp³-hybridized carbons (Fsp3) is 0.250. The summed E-state index contributed by atoms with van der Waals surface area (Å²) in [4.78, 5) is 10.7. The van der Waals surface area contributed by atoms with E-state index in [1.807, 2.05) is 19.9 Å². The summed E-state index contributed by atoms with van der Waals surface area (Å²) in [6, 6.07) is 3.93. The van der Waals surface area contributed by atoms with Crippen LogP contribution in [0, 0.1) is 13.8 Å². The van der Waals surface area contributed by atoms with Crippen molar-refractivity contribution in [1.29, 1.82) is 0 Å².